The van der Waals surface area contributed by atoms with E-state index in [0.717, 1.165) is 12.1 Å². The Morgan fingerprint density at radius 2 is 2.00 bits per heavy atom. The van der Waals surface area contributed by atoms with E-state index in [4.69, 9.17) is 0 Å². The molecule has 1 aromatic carbocycles. The zero-order chi connectivity index (χ0) is 16.3. The zero-order valence-corrected chi connectivity index (χ0v) is 12.1. The molecule has 0 aromatic heterocycles. The van der Waals surface area contributed by atoms with Gasteiger partial charge in [-0.1, -0.05) is 12.1 Å². The quantitative estimate of drug-likeness (QED) is 0.866. The predicted molar refractivity (Wildman–Crippen MR) is 73.0 cm³/mol. The first-order valence-electron chi connectivity index (χ1n) is 6.97. The summed E-state index contributed by atoms with van der Waals surface area (Å²) in [7, 11) is 1.30. The molecule has 0 aliphatic carbocycles. The molecule has 2 atom stereocenters. The fraction of sp³-hybridized carbons (Fsp3) is 0.533. The number of carbonyl (C=O) groups is 1. The van der Waals surface area contributed by atoms with Gasteiger partial charge in [-0.3, -0.25) is 9.69 Å². The Hall–Kier alpha value is -1.60. The smallest absolute Gasteiger partial charge is 0.416 e. The topological polar surface area (TPSA) is 49.8 Å². The number of hydrogen-bond acceptors (Lipinski definition) is 4. The second kappa shape index (κ2) is 6.66. The number of carbonyl (C=O) groups excluding carboxylic acids is 1. The van der Waals surface area contributed by atoms with Crippen molar-refractivity contribution in [1.82, 2.24) is 4.90 Å². The summed E-state index contributed by atoms with van der Waals surface area (Å²) in [6, 6.07) is 4.74. The van der Waals surface area contributed by atoms with Crippen LogP contribution in [0.5, 0.6) is 0 Å². The highest BCUT2D eigenvalue weighted by Crippen LogP contribution is 2.35. The third kappa shape index (κ3) is 3.98. The Labute approximate surface area is 126 Å². The van der Waals surface area contributed by atoms with E-state index in [-0.39, 0.29) is 18.4 Å². The maximum atomic E-state index is 12.6. The van der Waals surface area contributed by atoms with Crippen LogP contribution in [0.15, 0.2) is 24.3 Å². The lowest BCUT2D eigenvalue weighted by Gasteiger charge is -2.24. The molecule has 0 spiro atoms. The summed E-state index contributed by atoms with van der Waals surface area (Å²) in [6.45, 7) is 0.790. The van der Waals surface area contributed by atoms with Crippen LogP contribution in [0.25, 0.3) is 0 Å². The molecule has 1 aliphatic rings. The van der Waals surface area contributed by atoms with Gasteiger partial charge in [0.15, 0.2) is 0 Å². The minimum Gasteiger partial charge on any atom is -0.469 e. The van der Waals surface area contributed by atoms with Crippen molar-refractivity contribution in [2.24, 2.45) is 0 Å². The molecule has 1 N–H and O–H groups in total. The van der Waals surface area contributed by atoms with Gasteiger partial charge >= 0.3 is 12.1 Å². The molecule has 0 bridgehead atoms. The average molecular weight is 317 g/mol. The Morgan fingerprint density at radius 1 is 1.36 bits per heavy atom. The molecular weight excluding hydrogens is 299 g/mol. The number of nitrogens with zero attached hydrogens (tertiary/aromatic N) is 1. The number of likely N-dealkylation sites (tertiary alicyclic amines) is 1. The lowest BCUT2D eigenvalue weighted by Crippen LogP contribution is -2.27. The van der Waals surface area contributed by atoms with Crippen molar-refractivity contribution in [2.75, 3.05) is 20.2 Å². The zero-order valence-electron chi connectivity index (χ0n) is 12.1. The number of esters is 1. The summed E-state index contributed by atoms with van der Waals surface area (Å²) in [4.78, 5) is 13.1. The van der Waals surface area contributed by atoms with E-state index in [9.17, 15) is 23.1 Å². The highest BCUT2D eigenvalue weighted by Gasteiger charge is 2.34. The third-order valence-corrected chi connectivity index (χ3v) is 3.83. The van der Waals surface area contributed by atoms with Crippen molar-refractivity contribution in [3.8, 4) is 0 Å². The van der Waals surface area contributed by atoms with Gasteiger partial charge in [-0.2, -0.15) is 13.2 Å². The number of ether oxygens (including phenoxy) is 1. The van der Waals surface area contributed by atoms with Crippen LogP contribution in [-0.2, 0) is 15.7 Å². The van der Waals surface area contributed by atoms with Crippen LogP contribution >= 0.6 is 0 Å². The largest absolute Gasteiger partial charge is 0.469 e. The molecular formula is C15H18F3NO3. The van der Waals surface area contributed by atoms with Crippen LogP contribution < -0.4 is 0 Å². The predicted octanol–water partition coefficient (Wildman–Crippen LogP) is 2.38. The molecule has 122 valence electrons. The number of methoxy groups -OCH3 is 1. The van der Waals surface area contributed by atoms with Crippen LogP contribution in [0.2, 0.25) is 0 Å². The Kier molecular flexibility index (Phi) is 5.08. The average Bonchev–Trinajstić information content (AvgIpc) is 2.85. The van der Waals surface area contributed by atoms with Gasteiger partial charge in [0.2, 0.25) is 0 Å². The van der Waals surface area contributed by atoms with Gasteiger partial charge in [-0.25, -0.2) is 0 Å². The summed E-state index contributed by atoms with van der Waals surface area (Å²) >= 11 is 0. The van der Waals surface area contributed by atoms with Gasteiger partial charge in [0.25, 0.3) is 0 Å². The fourth-order valence-corrected chi connectivity index (χ4v) is 2.70. The molecule has 4 nitrogen and oxygen atoms in total. The van der Waals surface area contributed by atoms with Gasteiger partial charge in [0.1, 0.15) is 0 Å². The number of halogens is 3. The van der Waals surface area contributed by atoms with E-state index in [0.29, 0.717) is 25.1 Å². The van der Waals surface area contributed by atoms with Crippen molar-refractivity contribution in [3.63, 3.8) is 0 Å². The maximum Gasteiger partial charge on any atom is 0.416 e. The highest BCUT2D eigenvalue weighted by atomic mass is 19.4. The summed E-state index contributed by atoms with van der Waals surface area (Å²) < 4.78 is 42.3. The molecule has 2 rings (SSSR count). The van der Waals surface area contributed by atoms with Crippen LogP contribution in [0.3, 0.4) is 0 Å². The summed E-state index contributed by atoms with van der Waals surface area (Å²) in [5.74, 6) is -0.354. The van der Waals surface area contributed by atoms with E-state index >= 15 is 0 Å². The number of aliphatic hydroxyl groups is 1. The second-order valence-electron chi connectivity index (χ2n) is 5.35. The summed E-state index contributed by atoms with van der Waals surface area (Å²) in [5, 5.41) is 9.80. The van der Waals surface area contributed by atoms with Crippen molar-refractivity contribution >= 4 is 5.97 Å². The van der Waals surface area contributed by atoms with E-state index < -0.39 is 17.8 Å². The molecule has 22 heavy (non-hydrogen) atoms. The number of β-amino-alcohol motifs (C(OH)–C–C–N with tert-alkyl or cyclic N) is 1. The molecule has 0 saturated carbocycles. The second-order valence-corrected chi connectivity index (χ2v) is 5.35. The number of aliphatic hydroxyl groups excluding tert-OH is 1. The van der Waals surface area contributed by atoms with Crippen molar-refractivity contribution in [2.45, 2.75) is 31.2 Å². The fourth-order valence-electron chi connectivity index (χ4n) is 2.70. The molecule has 7 heteroatoms. The van der Waals surface area contributed by atoms with Crippen molar-refractivity contribution in [1.29, 1.82) is 0 Å². The molecule has 1 saturated heterocycles. The monoisotopic (exact) mass is 317 g/mol. The molecule has 1 heterocycles. The molecule has 1 fully saturated rings. The van der Waals surface area contributed by atoms with Crippen LogP contribution in [0, 0.1) is 0 Å². The first-order valence-corrected chi connectivity index (χ1v) is 6.97. The first kappa shape index (κ1) is 16.8. The molecule has 1 aromatic rings. The Balaban J connectivity index is 2.09. The van der Waals surface area contributed by atoms with Gasteiger partial charge < -0.3 is 9.84 Å². The van der Waals surface area contributed by atoms with E-state index in [1.54, 1.807) is 0 Å². The molecule has 0 amide bonds. The van der Waals surface area contributed by atoms with Gasteiger partial charge in [-0.15, -0.1) is 0 Å². The van der Waals surface area contributed by atoms with Crippen LogP contribution in [0.1, 0.15) is 30.0 Å². The molecule has 0 unspecified atom stereocenters. The highest BCUT2D eigenvalue weighted by molar-refractivity contribution is 5.69. The Bertz CT molecular complexity index is 516. The standard InChI is InChI=1S/C15H18F3NO3/c1-22-14(21)6-7-19-9-12(20)8-13(19)10-2-4-11(5-3-10)15(16,17)18/h2-5,12-13,20H,6-9H2,1H3/t12-,13-/m0/s1. The number of benzene rings is 1. The normalized spacial score (nSPS) is 22.8. The number of alkyl halides is 3. The van der Waals surface area contributed by atoms with Gasteiger partial charge in [0.05, 0.1) is 25.2 Å². The number of rotatable bonds is 4. The summed E-state index contributed by atoms with van der Waals surface area (Å²) in [5.41, 5.74) is 0.00493. The maximum absolute atomic E-state index is 12.6. The van der Waals surface area contributed by atoms with E-state index in [1.165, 1.54) is 19.2 Å². The van der Waals surface area contributed by atoms with Crippen molar-refractivity contribution < 1.29 is 27.8 Å². The Morgan fingerprint density at radius 3 is 2.55 bits per heavy atom. The van der Waals surface area contributed by atoms with Gasteiger partial charge in [-0.05, 0) is 24.1 Å². The minimum atomic E-state index is -4.36. The van der Waals surface area contributed by atoms with Crippen LogP contribution in [0.4, 0.5) is 13.2 Å². The summed E-state index contributed by atoms with van der Waals surface area (Å²) in [6.07, 6.45) is -4.30. The SMILES string of the molecule is COC(=O)CCN1C[C@@H](O)C[C@H]1c1ccc(C(F)(F)F)cc1. The van der Waals surface area contributed by atoms with Gasteiger partial charge in [0, 0.05) is 19.1 Å². The third-order valence-electron chi connectivity index (χ3n) is 3.83. The molecule has 0 radical (unpaired) electrons. The lowest BCUT2D eigenvalue weighted by atomic mass is 10.0. The molecule has 1 aliphatic heterocycles. The van der Waals surface area contributed by atoms with E-state index in [1.807, 2.05) is 4.90 Å². The van der Waals surface area contributed by atoms with E-state index in [2.05, 4.69) is 4.74 Å². The number of hydrogen-bond donors (Lipinski definition) is 1. The first-order chi connectivity index (χ1) is 10.3. The van der Waals surface area contributed by atoms with Crippen molar-refractivity contribution in [3.05, 3.63) is 35.4 Å². The van der Waals surface area contributed by atoms with Crippen LogP contribution in [-0.4, -0.2) is 42.3 Å². The lowest BCUT2D eigenvalue weighted by molar-refractivity contribution is -0.141. The minimum absolute atomic E-state index is 0.181.